The molecule has 0 saturated carbocycles. The van der Waals surface area contributed by atoms with E-state index in [2.05, 4.69) is 33.4 Å². The van der Waals surface area contributed by atoms with Crippen molar-refractivity contribution in [2.45, 2.75) is 25.7 Å². The second-order valence-electron chi connectivity index (χ2n) is 10.3. The van der Waals surface area contributed by atoms with Gasteiger partial charge in [-0.1, -0.05) is 36.4 Å². The van der Waals surface area contributed by atoms with E-state index in [1.807, 2.05) is 48.5 Å². The van der Waals surface area contributed by atoms with Crippen LogP contribution in [0.1, 0.15) is 24.8 Å². The standard InChI is InChI=1S/C33H27N3O3S/c37-28-19-31(36-15-2-1-3-16-36)39-32-23(8-4-11-26(28)32)24-9-5-10-25-27-18-22(12-13-29(27)40-33(24)25)35-30(38)17-21-7-6-14-34-20-21/h4-14,18-20H,1-3,15-17H2,(H,35,38). The summed E-state index contributed by atoms with van der Waals surface area (Å²) in [5.74, 6) is 0.572. The zero-order valence-electron chi connectivity index (χ0n) is 21.9. The molecule has 1 N–H and O–H groups in total. The minimum atomic E-state index is -0.0807. The Kier molecular flexibility index (Phi) is 6.28. The molecule has 4 heterocycles. The molecule has 1 saturated heterocycles. The van der Waals surface area contributed by atoms with E-state index >= 15 is 0 Å². The van der Waals surface area contributed by atoms with E-state index in [1.54, 1.807) is 29.8 Å². The summed E-state index contributed by atoms with van der Waals surface area (Å²) in [5, 5.41) is 5.81. The van der Waals surface area contributed by atoms with Gasteiger partial charge in [0.05, 0.1) is 11.8 Å². The molecule has 0 atom stereocenters. The zero-order valence-corrected chi connectivity index (χ0v) is 22.7. The number of amides is 1. The first kappa shape index (κ1) is 24.5. The molecular weight excluding hydrogens is 518 g/mol. The number of anilines is 2. The third-order valence-corrected chi connectivity index (χ3v) is 8.79. The molecule has 40 heavy (non-hydrogen) atoms. The lowest BCUT2D eigenvalue weighted by Crippen LogP contribution is -2.30. The molecular formula is C33H27N3O3S. The fraction of sp³-hybridized carbons (Fsp3) is 0.182. The van der Waals surface area contributed by atoms with Crippen molar-refractivity contribution >= 4 is 60.0 Å². The second kappa shape index (κ2) is 10.2. The molecule has 198 valence electrons. The largest absolute Gasteiger partial charge is 0.440 e. The first-order chi connectivity index (χ1) is 19.6. The average Bonchev–Trinajstić information content (AvgIpc) is 3.36. The lowest BCUT2D eigenvalue weighted by atomic mass is 10.0. The molecule has 7 heteroatoms. The van der Waals surface area contributed by atoms with Crippen molar-refractivity contribution in [1.29, 1.82) is 0 Å². The van der Waals surface area contributed by atoms with Crippen LogP contribution in [0.25, 0.3) is 42.3 Å². The van der Waals surface area contributed by atoms with Gasteiger partial charge in [-0.25, -0.2) is 0 Å². The lowest BCUT2D eigenvalue weighted by Gasteiger charge is -2.27. The topological polar surface area (TPSA) is 75.4 Å². The van der Waals surface area contributed by atoms with E-state index in [4.69, 9.17) is 4.42 Å². The van der Waals surface area contributed by atoms with Gasteiger partial charge in [0, 0.05) is 68.5 Å². The quantitative estimate of drug-likeness (QED) is 0.244. The molecule has 0 bridgehead atoms. The fourth-order valence-electron chi connectivity index (χ4n) is 5.63. The zero-order chi connectivity index (χ0) is 27.1. The number of aromatic nitrogens is 1. The van der Waals surface area contributed by atoms with Crippen molar-refractivity contribution in [1.82, 2.24) is 4.98 Å². The van der Waals surface area contributed by atoms with Crippen LogP contribution in [-0.2, 0) is 11.2 Å². The fourth-order valence-corrected chi connectivity index (χ4v) is 6.84. The molecule has 1 amide bonds. The van der Waals surface area contributed by atoms with E-state index in [1.165, 1.54) is 6.42 Å². The Morgan fingerprint density at radius 3 is 2.55 bits per heavy atom. The third-order valence-electron chi connectivity index (χ3n) is 7.57. The van der Waals surface area contributed by atoms with Gasteiger partial charge in [-0.3, -0.25) is 14.6 Å². The van der Waals surface area contributed by atoms with Gasteiger partial charge in [0.2, 0.25) is 5.91 Å². The number of nitrogens with one attached hydrogen (secondary N) is 1. The van der Waals surface area contributed by atoms with Crippen LogP contribution < -0.4 is 15.6 Å². The number of rotatable bonds is 5. The van der Waals surface area contributed by atoms with Crippen molar-refractivity contribution in [3.05, 3.63) is 101 Å². The first-order valence-corrected chi connectivity index (χ1v) is 14.4. The predicted molar refractivity (Wildman–Crippen MR) is 163 cm³/mol. The van der Waals surface area contributed by atoms with E-state index in [0.29, 0.717) is 16.9 Å². The molecule has 3 aromatic carbocycles. The number of pyridine rings is 1. The van der Waals surface area contributed by atoms with E-state index in [9.17, 15) is 9.59 Å². The van der Waals surface area contributed by atoms with Crippen molar-refractivity contribution in [3.8, 4) is 11.1 Å². The minimum absolute atomic E-state index is 0.0149. The molecule has 6 nitrogen and oxygen atoms in total. The SMILES string of the molecule is O=C(Cc1cccnc1)Nc1ccc2sc3c(-c4cccc5c(=O)cc(N6CCCCC6)oc45)cccc3c2c1. The summed E-state index contributed by atoms with van der Waals surface area (Å²) < 4.78 is 8.73. The van der Waals surface area contributed by atoms with Gasteiger partial charge in [0.1, 0.15) is 5.58 Å². The molecule has 0 spiro atoms. The number of piperidine rings is 1. The molecule has 1 aliphatic rings. The lowest BCUT2D eigenvalue weighted by molar-refractivity contribution is -0.115. The highest BCUT2D eigenvalue weighted by Crippen LogP contribution is 2.42. The smallest absolute Gasteiger partial charge is 0.228 e. The van der Waals surface area contributed by atoms with Crippen LogP contribution in [0.2, 0.25) is 0 Å². The van der Waals surface area contributed by atoms with E-state index < -0.39 is 0 Å². The van der Waals surface area contributed by atoms with Gasteiger partial charge in [-0.2, -0.15) is 0 Å². The van der Waals surface area contributed by atoms with Crippen LogP contribution in [0.4, 0.5) is 11.6 Å². The highest BCUT2D eigenvalue weighted by atomic mass is 32.1. The summed E-state index contributed by atoms with van der Waals surface area (Å²) in [6.07, 6.45) is 7.11. The van der Waals surface area contributed by atoms with Gasteiger partial charge >= 0.3 is 0 Å². The van der Waals surface area contributed by atoms with Crippen molar-refractivity contribution in [3.63, 3.8) is 0 Å². The third kappa shape index (κ3) is 4.52. The molecule has 0 unspecified atom stereocenters. The van der Waals surface area contributed by atoms with E-state index in [-0.39, 0.29) is 17.8 Å². The predicted octanol–water partition coefficient (Wildman–Crippen LogP) is 7.39. The monoisotopic (exact) mass is 545 g/mol. The maximum absolute atomic E-state index is 13.1. The Hall–Kier alpha value is -4.49. The van der Waals surface area contributed by atoms with Gasteiger partial charge in [0.15, 0.2) is 11.3 Å². The van der Waals surface area contributed by atoms with Crippen LogP contribution in [0.5, 0.6) is 0 Å². The summed E-state index contributed by atoms with van der Waals surface area (Å²) in [5.41, 5.74) is 4.19. The van der Waals surface area contributed by atoms with Gasteiger partial charge in [-0.15, -0.1) is 11.3 Å². The van der Waals surface area contributed by atoms with Gasteiger partial charge in [-0.05, 0) is 55.2 Å². The second-order valence-corrected chi connectivity index (χ2v) is 11.3. The molecule has 0 aliphatic carbocycles. The number of para-hydroxylation sites is 1. The van der Waals surface area contributed by atoms with Gasteiger partial charge in [0.25, 0.3) is 0 Å². The molecule has 0 radical (unpaired) electrons. The highest BCUT2D eigenvalue weighted by Gasteiger charge is 2.19. The summed E-state index contributed by atoms with van der Waals surface area (Å²) in [6.45, 7) is 1.81. The number of fused-ring (bicyclic) bond motifs is 4. The molecule has 1 aliphatic heterocycles. The van der Waals surface area contributed by atoms with Crippen LogP contribution >= 0.6 is 11.3 Å². The number of hydrogen-bond donors (Lipinski definition) is 1. The maximum atomic E-state index is 13.1. The van der Waals surface area contributed by atoms with Gasteiger partial charge < -0.3 is 14.6 Å². The first-order valence-electron chi connectivity index (χ1n) is 13.6. The minimum Gasteiger partial charge on any atom is -0.440 e. The van der Waals surface area contributed by atoms with Crippen molar-refractivity contribution in [2.75, 3.05) is 23.3 Å². The Morgan fingerprint density at radius 1 is 0.900 bits per heavy atom. The summed E-state index contributed by atoms with van der Waals surface area (Å²) in [7, 11) is 0. The molecule has 6 aromatic rings. The van der Waals surface area contributed by atoms with Crippen molar-refractivity contribution in [2.24, 2.45) is 0 Å². The molecule has 7 rings (SSSR count). The van der Waals surface area contributed by atoms with Crippen LogP contribution in [0, 0.1) is 0 Å². The van der Waals surface area contributed by atoms with Crippen LogP contribution in [0.3, 0.4) is 0 Å². The van der Waals surface area contributed by atoms with E-state index in [0.717, 1.165) is 68.5 Å². The number of hydrogen-bond acceptors (Lipinski definition) is 6. The van der Waals surface area contributed by atoms with Crippen molar-refractivity contribution < 1.29 is 9.21 Å². The maximum Gasteiger partial charge on any atom is 0.228 e. The number of carbonyl (C=O) groups is 1. The normalized spacial score (nSPS) is 13.8. The van der Waals surface area contributed by atoms with Crippen LogP contribution in [-0.4, -0.2) is 24.0 Å². The number of thiophene rings is 1. The Labute approximate surface area is 234 Å². The average molecular weight is 546 g/mol. The Balaban J connectivity index is 1.30. The number of nitrogens with zero attached hydrogens (tertiary/aromatic N) is 2. The molecule has 3 aromatic heterocycles. The summed E-state index contributed by atoms with van der Waals surface area (Å²) in [4.78, 5) is 32.1. The summed E-state index contributed by atoms with van der Waals surface area (Å²) in [6, 6.07) is 23.5. The highest BCUT2D eigenvalue weighted by molar-refractivity contribution is 7.26. The number of carbonyl (C=O) groups excluding carboxylic acids is 1. The Morgan fingerprint density at radius 2 is 1.73 bits per heavy atom. The summed E-state index contributed by atoms with van der Waals surface area (Å²) >= 11 is 1.71. The van der Waals surface area contributed by atoms with Crippen LogP contribution in [0.15, 0.2) is 94.4 Å². The molecule has 1 fully saturated rings. The Bertz CT molecular complexity index is 1940. The number of benzene rings is 3.